The van der Waals surface area contributed by atoms with Gasteiger partial charge in [-0.1, -0.05) is 19.4 Å². The van der Waals surface area contributed by atoms with E-state index in [0.717, 1.165) is 11.5 Å². The molecule has 2 rings (SSSR count). The Morgan fingerprint density at radius 3 is 2.62 bits per heavy atom. The zero-order chi connectivity index (χ0) is 15.2. The number of methoxy groups -OCH3 is 2. The van der Waals surface area contributed by atoms with E-state index in [-0.39, 0.29) is 0 Å². The lowest BCUT2D eigenvalue weighted by Gasteiger charge is -2.45. The Morgan fingerprint density at radius 2 is 2.00 bits per heavy atom. The molecule has 4 nitrogen and oxygen atoms in total. The highest BCUT2D eigenvalue weighted by atomic mass is 16.5. The van der Waals surface area contributed by atoms with E-state index in [9.17, 15) is 0 Å². The average molecular weight is 293 g/mol. The molecule has 1 fully saturated rings. The second-order valence-electron chi connectivity index (χ2n) is 5.56. The van der Waals surface area contributed by atoms with Crippen molar-refractivity contribution < 1.29 is 14.2 Å². The lowest BCUT2D eigenvalue weighted by molar-refractivity contribution is 0.144. The quantitative estimate of drug-likeness (QED) is 0.748. The number of nitrogens with one attached hydrogen (secondary N) is 1. The minimum Gasteiger partial charge on any atom is -0.493 e. The van der Waals surface area contributed by atoms with E-state index < -0.39 is 0 Å². The van der Waals surface area contributed by atoms with Gasteiger partial charge in [-0.05, 0) is 43.0 Å². The van der Waals surface area contributed by atoms with Gasteiger partial charge in [-0.3, -0.25) is 0 Å². The third kappa shape index (κ3) is 3.50. The van der Waals surface area contributed by atoms with Crippen molar-refractivity contribution in [3.8, 4) is 11.5 Å². The first-order valence-corrected chi connectivity index (χ1v) is 7.72. The molecular formula is C17H27NO3. The SMILES string of the molecule is CCC1C(NC)CC1c1ccc(OCCOC)c(OC)c1. The lowest BCUT2D eigenvalue weighted by atomic mass is 9.65. The second-order valence-corrected chi connectivity index (χ2v) is 5.56. The number of hydrogen-bond acceptors (Lipinski definition) is 4. The highest BCUT2D eigenvalue weighted by molar-refractivity contribution is 5.44. The molecular weight excluding hydrogens is 266 g/mol. The van der Waals surface area contributed by atoms with E-state index in [2.05, 4.69) is 31.4 Å². The van der Waals surface area contributed by atoms with Crippen molar-refractivity contribution in [3.63, 3.8) is 0 Å². The van der Waals surface area contributed by atoms with Crippen LogP contribution in [-0.4, -0.2) is 40.5 Å². The zero-order valence-corrected chi connectivity index (χ0v) is 13.5. The van der Waals surface area contributed by atoms with Crippen LogP contribution in [0.15, 0.2) is 18.2 Å². The van der Waals surface area contributed by atoms with Crippen LogP contribution >= 0.6 is 0 Å². The Labute approximate surface area is 127 Å². The fourth-order valence-electron chi connectivity index (χ4n) is 3.26. The van der Waals surface area contributed by atoms with Crippen LogP contribution < -0.4 is 14.8 Å². The third-order valence-electron chi connectivity index (χ3n) is 4.54. The summed E-state index contributed by atoms with van der Waals surface area (Å²) in [5.41, 5.74) is 1.35. The standard InChI is InChI=1S/C17H27NO3/c1-5-13-14(11-15(13)18-2)12-6-7-16(17(10-12)20-4)21-9-8-19-3/h6-7,10,13-15,18H,5,8-9,11H2,1-4H3. The Morgan fingerprint density at radius 1 is 1.19 bits per heavy atom. The molecule has 4 heteroatoms. The Bertz CT molecular complexity index is 450. The average Bonchev–Trinajstić information content (AvgIpc) is 2.48. The molecule has 1 N–H and O–H groups in total. The predicted molar refractivity (Wildman–Crippen MR) is 84.4 cm³/mol. The fraction of sp³-hybridized carbons (Fsp3) is 0.647. The van der Waals surface area contributed by atoms with Gasteiger partial charge in [0.05, 0.1) is 13.7 Å². The molecule has 1 saturated carbocycles. The number of benzene rings is 1. The van der Waals surface area contributed by atoms with Crippen LogP contribution in [0, 0.1) is 5.92 Å². The molecule has 21 heavy (non-hydrogen) atoms. The number of hydrogen-bond donors (Lipinski definition) is 1. The second kappa shape index (κ2) is 7.66. The summed E-state index contributed by atoms with van der Waals surface area (Å²) in [6.45, 7) is 3.38. The molecule has 1 aliphatic carbocycles. The van der Waals surface area contributed by atoms with Gasteiger partial charge in [0.25, 0.3) is 0 Å². The summed E-state index contributed by atoms with van der Waals surface area (Å²) < 4.78 is 16.2. The zero-order valence-electron chi connectivity index (χ0n) is 13.5. The first-order chi connectivity index (χ1) is 10.2. The van der Waals surface area contributed by atoms with Gasteiger partial charge in [0.2, 0.25) is 0 Å². The molecule has 1 aromatic rings. The summed E-state index contributed by atoms with van der Waals surface area (Å²) in [5.74, 6) is 2.93. The molecule has 0 radical (unpaired) electrons. The fourth-order valence-corrected chi connectivity index (χ4v) is 3.26. The van der Waals surface area contributed by atoms with Gasteiger partial charge in [-0.2, -0.15) is 0 Å². The topological polar surface area (TPSA) is 39.7 Å². The third-order valence-corrected chi connectivity index (χ3v) is 4.54. The summed E-state index contributed by atoms with van der Waals surface area (Å²) in [4.78, 5) is 0. The lowest BCUT2D eigenvalue weighted by Crippen LogP contribution is -2.47. The largest absolute Gasteiger partial charge is 0.493 e. The monoisotopic (exact) mass is 293 g/mol. The minimum absolute atomic E-state index is 0.537. The maximum atomic E-state index is 5.69. The van der Waals surface area contributed by atoms with Crippen LogP contribution in [0.25, 0.3) is 0 Å². The molecule has 3 atom stereocenters. The predicted octanol–water partition coefficient (Wildman–Crippen LogP) is 2.82. The van der Waals surface area contributed by atoms with E-state index in [0.29, 0.717) is 31.1 Å². The summed E-state index contributed by atoms with van der Waals surface area (Å²) in [5, 5.41) is 3.41. The maximum absolute atomic E-state index is 5.69. The van der Waals surface area contributed by atoms with Crippen molar-refractivity contribution in [2.24, 2.45) is 5.92 Å². The Hall–Kier alpha value is -1.26. The van der Waals surface area contributed by atoms with Gasteiger partial charge in [0, 0.05) is 13.2 Å². The molecule has 0 bridgehead atoms. The first-order valence-electron chi connectivity index (χ1n) is 7.72. The van der Waals surface area contributed by atoms with Crippen LogP contribution in [0.2, 0.25) is 0 Å². The molecule has 118 valence electrons. The normalized spacial score (nSPS) is 24.5. The van der Waals surface area contributed by atoms with Gasteiger partial charge >= 0.3 is 0 Å². The molecule has 0 amide bonds. The minimum atomic E-state index is 0.537. The van der Waals surface area contributed by atoms with Gasteiger partial charge < -0.3 is 19.5 Å². The van der Waals surface area contributed by atoms with Gasteiger partial charge in [-0.15, -0.1) is 0 Å². The van der Waals surface area contributed by atoms with Crippen LogP contribution in [0.3, 0.4) is 0 Å². The van der Waals surface area contributed by atoms with Gasteiger partial charge in [0.1, 0.15) is 6.61 Å². The maximum Gasteiger partial charge on any atom is 0.161 e. The Balaban J connectivity index is 2.08. The van der Waals surface area contributed by atoms with Crippen molar-refractivity contribution in [2.45, 2.75) is 31.7 Å². The highest BCUT2D eigenvalue weighted by Crippen LogP contribution is 2.46. The van der Waals surface area contributed by atoms with E-state index in [4.69, 9.17) is 14.2 Å². The molecule has 0 aromatic heterocycles. The van der Waals surface area contributed by atoms with Crippen molar-refractivity contribution >= 4 is 0 Å². The molecule has 1 aromatic carbocycles. The van der Waals surface area contributed by atoms with Crippen LogP contribution in [0.4, 0.5) is 0 Å². The molecule has 0 heterocycles. The van der Waals surface area contributed by atoms with E-state index in [1.807, 2.05) is 6.07 Å². The smallest absolute Gasteiger partial charge is 0.161 e. The summed E-state index contributed by atoms with van der Waals surface area (Å²) in [6.07, 6.45) is 2.40. The molecule has 3 unspecified atom stereocenters. The summed E-state index contributed by atoms with van der Waals surface area (Å²) in [7, 11) is 5.41. The molecule has 0 spiro atoms. The van der Waals surface area contributed by atoms with E-state index in [1.54, 1.807) is 14.2 Å². The van der Waals surface area contributed by atoms with Crippen molar-refractivity contribution in [1.29, 1.82) is 0 Å². The molecule has 1 aliphatic rings. The van der Waals surface area contributed by atoms with Crippen LogP contribution in [0.1, 0.15) is 31.2 Å². The van der Waals surface area contributed by atoms with Crippen LogP contribution in [-0.2, 0) is 4.74 Å². The van der Waals surface area contributed by atoms with Gasteiger partial charge in [0.15, 0.2) is 11.5 Å². The first kappa shape index (κ1) is 16.1. The van der Waals surface area contributed by atoms with Crippen molar-refractivity contribution in [2.75, 3.05) is 34.5 Å². The van der Waals surface area contributed by atoms with Crippen LogP contribution in [0.5, 0.6) is 11.5 Å². The van der Waals surface area contributed by atoms with Crippen molar-refractivity contribution in [1.82, 2.24) is 5.32 Å². The number of ether oxygens (including phenoxy) is 3. The van der Waals surface area contributed by atoms with E-state index >= 15 is 0 Å². The summed E-state index contributed by atoms with van der Waals surface area (Å²) in [6, 6.07) is 6.96. The molecule has 0 saturated heterocycles. The summed E-state index contributed by atoms with van der Waals surface area (Å²) >= 11 is 0. The van der Waals surface area contributed by atoms with E-state index in [1.165, 1.54) is 18.4 Å². The molecule has 0 aliphatic heterocycles. The van der Waals surface area contributed by atoms with Gasteiger partial charge in [-0.25, -0.2) is 0 Å². The Kier molecular flexibility index (Phi) is 5.88. The number of rotatable bonds is 8. The highest BCUT2D eigenvalue weighted by Gasteiger charge is 2.39. The van der Waals surface area contributed by atoms with Crippen molar-refractivity contribution in [3.05, 3.63) is 23.8 Å².